The van der Waals surface area contributed by atoms with Gasteiger partial charge in [-0.15, -0.1) is 0 Å². The number of rotatable bonds is 6. The smallest absolute Gasteiger partial charge is 0.253 e. The van der Waals surface area contributed by atoms with E-state index in [0.29, 0.717) is 18.7 Å². The molecule has 0 unspecified atom stereocenters. The maximum absolute atomic E-state index is 12.3. The number of hydrazone groups is 1. The summed E-state index contributed by atoms with van der Waals surface area (Å²) in [7, 11) is 3.49. The minimum atomic E-state index is 0.0405. The second kappa shape index (κ2) is 7.22. The van der Waals surface area contributed by atoms with Crippen molar-refractivity contribution in [2.75, 3.05) is 38.9 Å². The molecule has 0 radical (unpaired) electrons. The second-order valence-electron chi connectivity index (χ2n) is 5.33. The Morgan fingerprint density at radius 2 is 2.10 bits per heavy atom. The van der Waals surface area contributed by atoms with E-state index in [1.165, 1.54) is 0 Å². The van der Waals surface area contributed by atoms with Gasteiger partial charge in [0.05, 0.1) is 5.69 Å². The zero-order chi connectivity index (χ0) is 15.2. The summed E-state index contributed by atoms with van der Waals surface area (Å²) in [6.45, 7) is 4.32. The number of anilines is 1. The van der Waals surface area contributed by atoms with Gasteiger partial charge in [0.15, 0.2) is 0 Å². The molecule has 1 aromatic carbocycles. The fourth-order valence-electron chi connectivity index (χ4n) is 2.30. The topological polar surface area (TPSA) is 45.1 Å². The van der Waals surface area contributed by atoms with Crippen LogP contribution in [0.1, 0.15) is 30.1 Å². The van der Waals surface area contributed by atoms with Crippen molar-refractivity contribution >= 4 is 17.3 Å². The summed E-state index contributed by atoms with van der Waals surface area (Å²) >= 11 is 0. The number of ether oxygens (including phenoxy) is 1. The lowest BCUT2D eigenvalue weighted by molar-refractivity contribution is 0.0779. The van der Waals surface area contributed by atoms with Gasteiger partial charge in [-0.25, -0.2) is 0 Å². The number of carbonyl (C=O) groups excluding carboxylic acids is 1. The summed E-state index contributed by atoms with van der Waals surface area (Å²) < 4.78 is 5.00. The van der Waals surface area contributed by atoms with E-state index in [1.807, 2.05) is 43.2 Å². The maximum atomic E-state index is 12.3. The van der Waals surface area contributed by atoms with Gasteiger partial charge in [0.25, 0.3) is 5.91 Å². The van der Waals surface area contributed by atoms with E-state index in [4.69, 9.17) is 4.74 Å². The zero-order valence-electron chi connectivity index (χ0n) is 13.0. The first kappa shape index (κ1) is 15.5. The summed E-state index contributed by atoms with van der Waals surface area (Å²) in [5.74, 6) is 0.0405. The third-order valence-electron chi connectivity index (χ3n) is 3.58. The van der Waals surface area contributed by atoms with Gasteiger partial charge in [0.2, 0.25) is 0 Å². The molecule has 2 rings (SSSR count). The number of hydrogen-bond acceptors (Lipinski definition) is 4. The molecule has 0 spiro atoms. The van der Waals surface area contributed by atoms with Crippen LogP contribution in [-0.2, 0) is 4.74 Å². The van der Waals surface area contributed by atoms with Crippen LogP contribution in [-0.4, -0.2) is 50.4 Å². The Kier molecular flexibility index (Phi) is 5.33. The van der Waals surface area contributed by atoms with Gasteiger partial charge in [-0.05, 0) is 37.6 Å². The van der Waals surface area contributed by atoms with Gasteiger partial charge in [-0.2, -0.15) is 5.10 Å². The Morgan fingerprint density at radius 3 is 2.67 bits per heavy atom. The molecule has 1 amide bonds. The Hall–Kier alpha value is -1.88. The van der Waals surface area contributed by atoms with Gasteiger partial charge in [0, 0.05) is 51.5 Å². The number of benzene rings is 1. The number of methoxy groups -OCH3 is 1. The maximum Gasteiger partial charge on any atom is 0.253 e. The molecule has 21 heavy (non-hydrogen) atoms. The van der Waals surface area contributed by atoms with Crippen molar-refractivity contribution in [1.29, 1.82) is 0 Å². The predicted molar refractivity (Wildman–Crippen MR) is 85.0 cm³/mol. The van der Waals surface area contributed by atoms with Gasteiger partial charge in [-0.3, -0.25) is 9.80 Å². The lowest BCUT2D eigenvalue weighted by Crippen LogP contribution is -2.28. The van der Waals surface area contributed by atoms with Crippen molar-refractivity contribution in [2.45, 2.75) is 19.8 Å². The molecule has 0 saturated heterocycles. The quantitative estimate of drug-likeness (QED) is 0.755. The lowest BCUT2D eigenvalue weighted by Gasteiger charge is -2.18. The molecular formula is C16H23N3O2. The Bertz CT molecular complexity index is 511. The molecule has 5 nitrogen and oxygen atoms in total. The molecule has 114 valence electrons. The van der Waals surface area contributed by atoms with Crippen LogP contribution in [0.4, 0.5) is 5.69 Å². The second-order valence-corrected chi connectivity index (χ2v) is 5.33. The number of hydrogen-bond donors (Lipinski definition) is 0. The van der Waals surface area contributed by atoms with E-state index in [0.717, 1.165) is 30.8 Å². The average Bonchev–Trinajstić information content (AvgIpc) is 2.93. The average molecular weight is 289 g/mol. The molecule has 1 heterocycles. The Balaban J connectivity index is 1.96. The SMILES string of the molecule is COCCCN(C)C(=O)c1ccc(N2CCC(C)=N2)cc1. The summed E-state index contributed by atoms with van der Waals surface area (Å²) in [6, 6.07) is 7.65. The fraction of sp³-hybridized carbons (Fsp3) is 0.500. The van der Waals surface area contributed by atoms with Crippen LogP contribution in [0.5, 0.6) is 0 Å². The standard InChI is InChI=1S/C16H23N3O2/c1-13-9-11-19(17-13)15-7-5-14(6-8-15)16(20)18(2)10-4-12-21-3/h5-8H,4,9-12H2,1-3H3. The summed E-state index contributed by atoms with van der Waals surface area (Å²) in [5, 5.41) is 6.44. The first-order chi connectivity index (χ1) is 10.1. The van der Waals surface area contributed by atoms with Crippen molar-refractivity contribution in [3.05, 3.63) is 29.8 Å². The van der Waals surface area contributed by atoms with Gasteiger partial charge in [-0.1, -0.05) is 0 Å². The fourth-order valence-corrected chi connectivity index (χ4v) is 2.30. The molecular weight excluding hydrogens is 266 g/mol. The zero-order valence-corrected chi connectivity index (χ0v) is 13.0. The highest BCUT2D eigenvalue weighted by molar-refractivity contribution is 5.94. The Labute approximate surface area is 126 Å². The largest absolute Gasteiger partial charge is 0.385 e. The first-order valence-corrected chi connectivity index (χ1v) is 7.28. The molecule has 1 aliphatic heterocycles. The van der Waals surface area contributed by atoms with Crippen LogP contribution >= 0.6 is 0 Å². The van der Waals surface area contributed by atoms with Crippen molar-refractivity contribution in [1.82, 2.24) is 4.90 Å². The van der Waals surface area contributed by atoms with Gasteiger partial charge < -0.3 is 9.64 Å². The first-order valence-electron chi connectivity index (χ1n) is 7.28. The predicted octanol–water partition coefficient (Wildman–Crippen LogP) is 2.38. The van der Waals surface area contributed by atoms with E-state index in [-0.39, 0.29) is 5.91 Å². The summed E-state index contributed by atoms with van der Waals surface area (Å²) in [6.07, 6.45) is 1.85. The number of nitrogens with zero attached hydrogens (tertiary/aromatic N) is 3. The number of amides is 1. The monoisotopic (exact) mass is 289 g/mol. The van der Waals surface area contributed by atoms with E-state index in [1.54, 1.807) is 12.0 Å². The van der Waals surface area contributed by atoms with Crippen LogP contribution in [0.25, 0.3) is 0 Å². The molecule has 0 bridgehead atoms. The van der Waals surface area contributed by atoms with Gasteiger partial charge >= 0.3 is 0 Å². The van der Waals surface area contributed by atoms with E-state index < -0.39 is 0 Å². The molecule has 0 N–H and O–H groups in total. The van der Waals surface area contributed by atoms with Crippen LogP contribution in [0.15, 0.2) is 29.4 Å². The molecule has 1 aliphatic rings. The van der Waals surface area contributed by atoms with Crippen molar-refractivity contribution in [3.63, 3.8) is 0 Å². The highest BCUT2D eigenvalue weighted by Crippen LogP contribution is 2.20. The van der Waals surface area contributed by atoms with Crippen molar-refractivity contribution in [3.8, 4) is 0 Å². The number of carbonyl (C=O) groups is 1. The van der Waals surface area contributed by atoms with Gasteiger partial charge in [0.1, 0.15) is 0 Å². The molecule has 0 aromatic heterocycles. The van der Waals surface area contributed by atoms with Crippen LogP contribution < -0.4 is 5.01 Å². The molecule has 0 saturated carbocycles. The van der Waals surface area contributed by atoms with E-state index in [9.17, 15) is 4.79 Å². The molecule has 0 atom stereocenters. The Morgan fingerprint density at radius 1 is 1.38 bits per heavy atom. The summed E-state index contributed by atoms with van der Waals surface area (Å²) in [5.41, 5.74) is 2.89. The minimum Gasteiger partial charge on any atom is -0.385 e. The highest BCUT2D eigenvalue weighted by Gasteiger charge is 2.15. The lowest BCUT2D eigenvalue weighted by atomic mass is 10.1. The molecule has 0 aliphatic carbocycles. The molecule has 0 fully saturated rings. The van der Waals surface area contributed by atoms with Crippen molar-refractivity contribution < 1.29 is 9.53 Å². The van der Waals surface area contributed by atoms with E-state index in [2.05, 4.69) is 5.10 Å². The summed E-state index contributed by atoms with van der Waals surface area (Å²) in [4.78, 5) is 14.0. The van der Waals surface area contributed by atoms with Crippen LogP contribution in [0, 0.1) is 0 Å². The minimum absolute atomic E-state index is 0.0405. The third-order valence-corrected chi connectivity index (χ3v) is 3.58. The van der Waals surface area contributed by atoms with E-state index >= 15 is 0 Å². The third kappa shape index (κ3) is 4.04. The molecule has 5 heteroatoms. The van der Waals surface area contributed by atoms with Crippen molar-refractivity contribution in [2.24, 2.45) is 5.10 Å². The van der Waals surface area contributed by atoms with Crippen LogP contribution in [0.3, 0.4) is 0 Å². The highest BCUT2D eigenvalue weighted by atomic mass is 16.5. The normalized spacial score (nSPS) is 14.2. The van der Waals surface area contributed by atoms with Crippen LogP contribution in [0.2, 0.25) is 0 Å². The molecule has 1 aromatic rings.